The van der Waals surface area contributed by atoms with Gasteiger partial charge in [0.05, 0.1) is 32.2 Å². The zero-order chi connectivity index (χ0) is 36.6. The third kappa shape index (κ3) is 9.72. The third-order valence-electron chi connectivity index (χ3n) is 7.96. The lowest BCUT2D eigenvalue weighted by Crippen LogP contribution is -2.49. The van der Waals surface area contributed by atoms with Crippen molar-refractivity contribution < 1.29 is 65.8 Å². The molecule has 0 radical (unpaired) electrons. The molecule has 3 amide bonds. The highest BCUT2D eigenvalue weighted by molar-refractivity contribution is 5.95. The second kappa shape index (κ2) is 15.7. The maximum Gasteiger partial charge on any atom is 0.496 e. The molecule has 0 spiro atoms. The molecule has 2 aliphatic heterocycles. The predicted molar refractivity (Wildman–Crippen MR) is 172 cm³/mol. The fourth-order valence-electron chi connectivity index (χ4n) is 5.58. The van der Waals surface area contributed by atoms with Crippen LogP contribution in [0, 0.1) is 0 Å². The van der Waals surface area contributed by atoms with E-state index in [-0.39, 0.29) is 25.6 Å². The van der Waals surface area contributed by atoms with E-state index in [1.54, 1.807) is 43.3 Å². The van der Waals surface area contributed by atoms with Gasteiger partial charge in [0, 0.05) is 12.0 Å². The number of ether oxygens (including phenoxy) is 3. The van der Waals surface area contributed by atoms with Gasteiger partial charge in [-0.25, -0.2) is 14.9 Å². The Morgan fingerprint density at radius 1 is 1.00 bits per heavy atom. The highest BCUT2D eigenvalue weighted by Crippen LogP contribution is 2.34. The number of carboxylic acids is 1. The second-order valence-electron chi connectivity index (χ2n) is 11.9. The Morgan fingerprint density at radius 3 is 2.22 bits per heavy atom. The molecule has 1 fully saturated rings. The number of aromatic hydroxyl groups is 1. The van der Waals surface area contributed by atoms with Crippen LogP contribution in [-0.2, 0) is 27.3 Å². The summed E-state index contributed by atoms with van der Waals surface area (Å²) in [6.45, 7) is 4.13. The minimum Gasteiger partial charge on any atom is -0.508 e. The van der Waals surface area contributed by atoms with Crippen molar-refractivity contribution in [1.29, 1.82) is 0 Å². The molecule has 3 aromatic carbocycles. The molecule has 2 atom stereocenters. The highest BCUT2D eigenvalue weighted by Gasteiger charge is 2.42. The SMILES string of the molecule is CCOC(=O)c1ccc(NC(=O)/[N+](=C2/CC[N@@+](C)(Cc3ccc4c(c3)OCO4)C2)[C@@H](Cc2ccc(O)cc2)C(N)=O)cc1.O=C(O)C(F)(F)F. The third-order valence-corrected chi connectivity index (χ3v) is 7.96. The number of halogens is 3. The van der Waals surface area contributed by atoms with Crippen LogP contribution in [0.3, 0.4) is 0 Å². The highest BCUT2D eigenvalue weighted by atomic mass is 19.4. The molecular weight excluding hydrogens is 665 g/mol. The first-order valence-electron chi connectivity index (χ1n) is 15.4. The molecule has 266 valence electrons. The number of alkyl halides is 3. The number of nitrogens with two attached hydrogens (primary N) is 1. The molecule has 0 aliphatic carbocycles. The van der Waals surface area contributed by atoms with E-state index in [0.29, 0.717) is 41.0 Å². The number of esters is 1. The van der Waals surface area contributed by atoms with Gasteiger partial charge >= 0.3 is 24.1 Å². The minimum atomic E-state index is -5.08. The summed E-state index contributed by atoms with van der Waals surface area (Å²) >= 11 is 0. The number of carbonyl (C=O) groups is 4. The maximum absolute atomic E-state index is 13.9. The summed E-state index contributed by atoms with van der Waals surface area (Å²) in [5.74, 6) is -2.33. The van der Waals surface area contributed by atoms with Gasteiger partial charge in [-0.2, -0.15) is 22.5 Å². The molecule has 0 unspecified atom stereocenters. The van der Waals surface area contributed by atoms with Gasteiger partial charge in [0.25, 0.3) is 5.91 Å². The van der Waals surface area contributed by atoms with Crippen molar-refractivity contribution in [2.45, 2.75) is 38.5 Å². The quantitative estimate of drug-likeness (QED) is 0.145. The number of primary amides is 1. The Labute approximate surface area is 284 Å². The van der Waals surface area contributed by atoms with E-state index >= 15 is 0 Å². The average molecular weight is 703 g/mol. The number of nitrogens with zero attached hydrogens (tertiary/aromatic N) is 2. The second-order valence-corrected chi connectivity index (χ2v) is 11.9. The Kier molecular flexibility index (Phi) is 11.7. The average Bonchev–Trinajstić information content (AvgIpc) is 3.68. The number of hydrogen-bond acceptors (Lipinski definition) is 8. The standard InChI is InChI=1S/C32H34N4O7.C2HF3O2/c1-3-41-31(39)23-7-9-24(10-8-23)34-32(40)35(27(30(33)38)16-21-4-11-26(37)12-5-21)25-14-15-36(2,19-25)18-22-6-13-28-29(17-22)43-20-42-28;3-2(4,5)1(6)7/h4-13,17,27H,3,14-16,18-20H2,1-2H3,(H2-2,33,34,37,38,39,40);(H,6,7)/p+2/b35-25-;/t27-,36-;/m0./s1. The normalized spacial score (nSPS) is 17.9. The lowest BCUT2D eigenvalue weighted by Gasteiger charge is -2.28. The molecule has 0 aromatic heterocycles. The minimum absolute atomic E-state index is 0.0991. The number of rotatable bonds is 9. The van der Waals surface area contributed by atoms with Crippen LogP contribution in [0.25, 0.3) is 0 Å². The molecule has 2 aliphatic rings. The number of likely N-dealkylation sites (tertiary alicyclic amines) is 1. The summed E-state index contributed by atoms with van der Waals surface area (Å²) < 4.78 is 49.9. The monoisotopic (exact) mass is 702 g/mol. The number of nitrogens with one attached hydrogen (secondary N) is 1. The lowest BCUT2D eigenvalue weighted by molar-refractivity contribution is -0.907. The summed E-state index contributed by atoms with van der Waals surface area (Å²) in [7, 11) is 2.11. The molecule has 5 N–H and O–H groups in total. The van der Waals surface area contributed by atoms with E-state index in [1.807, 2.05) is 18.2 Å². The summed E-state index contributed by atoms with van der Waals surface area (Å²) in [4.78, 5) is 47.8. The van der Waals surface area contributed by atoms with Gasteiger partial charge in [-0.15, -0.1) is 0 Å². The number of urea groups is 1. The van der Waals surface area contributed by atoms with E-state index in [4.69, 9.17) is 29.8 Å². The zero-order valence-corrected chi connectivity index (χ0v) is 27.2. The van der Waals surface area contributed by atoms with E-state index < -0.39 is 36.1 Å². The van der Waals surface area contributed by atoms with Crippen molar-refractivity contribution in [2.75, 3.05) is 38.9 Å². The van der Waals surface area contributed by atoms with Crippen LogP contribution in [0.15, 0.2) is 66.7 Å². The van der Waals surface area contributed by atoms with Crippen LogP contribution in [-0.4, -0.2) is 94.6 Å². The molecule has 1 saturated heterocycles. The Hall–Kier alpha value is -5.64. The van der Waals surface area contributed by atoms with Crippen molar-refractivity contribution in [2.24, 2.45) is 5.73 Å². The van der Waals surface area contributed by atoms with Gasteiger partial charge in [0.15, 0.2) is 17.5 Å². The Balaban J connectivity index is 0.000000727. The number of fused-ring (bicyclic) bond motifs is 1. The van der Waals surface area contributed by atoms with Crippen LogP contribution < -0.4 is 20.5 Å². The number of aliphatic carboxylic acids is 1. The van der Waals surface area contributed by atoms with E-state index in [0.717, 1.165) is 29.1 Å². The summed E-state index contributed by atoms with van der Waals surface area (Å²) in [6, 6.07) is 17.2. The number of phenols is 1. The van der Waals surface area contributed by atoms with Gasteiger partial charge in [0.1, 0.15) is 30.2 Å². The number of carboxylic acid groups (broad SMARTS) is 1. The van der Waals surface area contributed by atoms with Gasteiger partial charge < -0.3 is 34.6 Å². The van der Waals surface area contributed by atoms with E-state index in [9.17, 15) is 32.7 Å². The summed E-state index contributed by atoms with van der Waals surface area (Å²) in [5.41, 5.74) is 9.35. The lowest BCUT2D eigenvalue weighted by atomic mass is 10.0. The number of quaternary nitrogens is 1. The molecule has 13 nitrogen and oxygen atoms in total. The van der Waals surface area contributed by atoms with Gasteiger partial charge in [-0.05, 0) is 67.1 Å². The molecule has 5 rings (SSSR count). The van der Waals surface area contributed by atoms with Crippen molar-refractivity contribution >= 4 is 35.3 Å². The largest absolute Gasteiger partial charge is 0.508 e. The number of phenolic OH excluding ortho intramolecular Hbond substituents is 1. The van der Waals surface area contributed by atoms with Crippen molar-refractivity contribution in [3.8, 4) is 17.2 Å². The molecule has 50 heavy (non-hydrogen) atoms. The fraction of sp³-hybridized carbons (Fsp3) is 0.324. The first-order chi connectivity index (χ1) is 23.6. The Morgan fingerprint density at radius 2 is 1.62 bits per heavy atom. The van der Waals surface area contributed by atoms with Crippen LogP contribution >= 0.6 is 0 Å². The van der Waals surface area contributed by atoms with Gasteiger partial charge in [-0.1, -0.05) is 12.1 Å². The van der Waals surface area contributed by atoms with Crippen LogP contribution in [0.5, 0.6) is 17.2 Å². The van der Waals surface area contributed by atoms with Gasteiger partial charge in [0.2, 0.25) is 6.79 Å². The molecular formula is C34H37F3N4O9+2. The number of anilines is 1. The number of benzene rings is 3. The van der Waals surface area contributed by atoms with Crippen molar-refractivity contribution in [1.82, 2.24) is 0 Å². The topological polar surface area (TPSA) is 177 Å². The van der Waals surface area contributed by atoms with E-state index in [2.05, 4.69) is 12.4 Å². The Bertz CT molecular complexity index is 1760. The fourth-order valence-corrected chi connectivity index (χ4v) is 5.58. The molecule has 2 heterocycles. The first kappa shape index (κ1) is 37.2. The summed E-state index contributed by atoms with van der Waals surface area (Å²) in [5, 5.41) is 19.7. The van der Waals surface area contributed by atoms with Crippen molar-refractivity contribution in [3.63, 3.8) is 0 Å². The predicted octanol–water partition coefficient (Wildman–Crippen LogP) is 4.06. The smallest absolute Gasteiger partial charge is 0.496 e. The van der Waals surface area contributed by atoms with Crippen LogP contribution in [0.1, 0.15) is 34.8 Å². The van der Waals surface area contributed by atoms with Crippen LogP contribution in [0.4, 0.5) is 23.7 Å². The van der Waals surface area contributed by atoms with Crippen molar-refractivity contribution in [3.05, 3.63) is 83.4 Å². The van der Waals surface area contributed by atoms with Gasteiger partial charge in [-0.3, -0.25) is 4.79 Å². The number of hydrogen-bond donors (Lipinski definition) is 4. The molecule has 16 heteroatoms. The first-order valence-corrected chi connectivity index (χ1v) is 15.4. The van der Waals surface area contributed by atoms with Crippen LogP contribution in [0.2, 0.25) is 0 Å². The summed E-state index contributed by atoms with van der Waals surface area (Å²) in [6.07, 6.45) is -4.34. The maximum atomic E-state index is 13.9. The molecule has 0 bridgehead atoms. The number of amides is 3. The zero-order valence-electron chi connectivity index (χ0n) is 27.2. The van der Waals surface area contributed by atoms with E-state index in [1.165, 1.54) is 16.7 Å². The molecule has 0 saturated carbocycles. The number of carbonyl (C=O) groups excluding carboxylic acids is 3. The molecule has 3 aromatic rings.